The number of nitrogen functional groups attached to an aromatic ring is 1. The van der Waals surface area contributed by atoms with Crippen molar-refractivity contribution in [3.05, 3.63) is 29.8 Å². The number of methoxy groups -OCH3 is 1. The number of anilines is 1. The molecule has 1 rings (SSSR count). The van der Waals surface area contributed by atoms with Gasteiger partial charge in [-0.05, 0) is 18.2 Å². The van der Waals surface area contributed by atoms with E-state index in [9.17, 15) is 4.79 Å². The van der Waals surface area contributed by atoms with E-state index in [1.807, 2.05) is 0 Å². The van der Waals surface area contributed by atoms with E-state index in [2.05, 4.69) is 0 Å². The molecule has 1 aromatic rings. The summed E-state index contributed by atoms with van der Waals surface area (Å²) in [5.74, 6) is -0.0423. The molecule has 0 unspecified atom stereocenters. The number of hydrogen-bond donors (Lipinski definition) is 1. The average Bonchev–Trinajstić information content (AvgIpc) is 2.24. The highest BCUT2D eigenvalue weighted by atomic mass is 16.5. The molecule has 0 heterocycles. The fourth-order valence-corrected chi connectivity index (χ4v) is 1.22. The van der Waals surface area contributed by atoms with Crippen LogP contribution in [-0.4, -0.2) is 38.1 Å². The molecule has 1 amide bonds. The van der Waals surface area contributed by atoms with Crippen molar-refractivity contribution in [3.8, 4) is 0 Å². The van der Waals surface area contributed by atoms with Crippen LogP contribution in [0.3, 0.4) is 0 Å². The lowest BCUT2D eigenvalue weighted by Crippen LogP contribution is -2.29. The Morgan fingerprint density at radius 2 is 2.27 bits per heavy atom. The van der Waals surface area contributed by atoms with Crippen molar-refractivity contribution in [1.29, 1.82) is 0 Å². The Labute approximate surface area is 89.6 Å². The minimum absolute atomic E-state index is 0.0423. The molecular formula is C11H16N2O2. The standard InChI is InChI=1S/C11H16N2O2/c1-13(6-7-15-2)11(14)9-4-3-5-10(12)8-9/h3-5,8H,6-7,12H2,1-2H3. The van der Waals surface area contributed by atoms with Gasteiger partial charge in [-0.15, -0.1) is 0 Å². The minimum Gasteiger partial charge on any atom is -0.399 e. The van der Waals surface area contributed by atoms with E-state index in [0.717, 1.165) is 0 Å². The van der Waals surface area contributed by atoms with Gasteiger partial charge in [0.1, 0.15) is 0 Å². The van der Waals surface area contributed by atoms with Crippen LogP contribution in [0.4, 0.5) is 5.69 Å². The minimum atomic E-state index is -0.0423. The quantitative estimate of drug-likeness (QED) is 0.751. The molecule has 0 bridgehead atoms. The molecule has 4 nitrogen and oxygen atoms in total. The highest BCUT2D eigenvalue weighted by molar-refractivity contribution is 5.94. The summed E-state index contributed by atoms with van der Waals surface area (Å²) in [5.41, 5.74) is 6.80. The Morgan fingerprint density at radius 1 is 1.53 bits per heavy atom. The smallest absolute Gasteiger partial charge is 0.253 e. The molecule has 0 aromatic heterocycles. The Bertz CT molecular complexity index is 339. The first-order valence-corrected chi connectivity index (χ1v) is 4.75. The van der Waals surface area contributed by atoms with E-state index in [1.165, 1.54) is 0 Å². The summed E-state index contributed by atoms with van der Waals surface area (Å²) in [6.07, 6.45) is 0. The molecule has 0 saturated heterocycles. The second kappa shape index (κ2) is 5.36. The summed E-state index contributed by atoms with van der Waals surface area (Å²) in [5, 5.41) is 0. The van der Waals surface area contributed by atoms with E-state index in [1.54, 1.807) is 43.3 Å². The molecular weight excluding hydrogens is 192 g/mol. The molecule has 0 spiro atoms. The van der Waals surface area contributed by atoms with Gasteiger partial charge in [-0.25, -0.2) is 0 Å². The summed E-state index contributed by atoms with van der Waals surface area (Å²) in [6.45, 7) is 1.11. The third-order valence-corrected chi connectivity index (χ3v) is 2.11. The maximum absolute atomic E-state index is 11.8. The Morgan fingerprint density at radius 3 is 2.87 bits per heavy atom. The molecule has 0 aliphatic rings. The van der Waals surface area contributed by atoms with Crippen LogP contribution < -0.4 is 5.73 Å². The fourth-order valence-electron chi connectivity index (χ4n) is 1.22. The molecule has 0 fully saturated rings. The predicted molar refractivity (Wildman–Crippen MR) is 59.7 cm³/mol. The van der Waals surface area contributed by atoms with Crippen molar-refractivity contribution < 1.29 is 9.53 Å². The first-order chi connectivity index (χ1) is 7.15. The predicted octanol–water partition coefficient (Wildman–Crippen LogP) is 0.987. The van der Waals surface area contributed by atoms with Gasteiger partial charge in [0.15, 0.2) is 0 Å². The molecule has 0 atom stereocenters. The molecule has 0 aliphatic carbocycles. The molecule has 82 valence electrons. The second-order valence-corrected chi connectivity index (χ2v) is 3.34. The van der Waals surface area contributed by atoms with E-state index in [4.69, 9.17) is 10.5 Å². The Hall–Kier alpha value is -1.55. The number of hydrogen-bond acceptors (Lipinski definition) is 3. The van der Waals surface area contributed by atoms with E-state index < -0.39 is 0 Å². The summed E-state index contributed by atoms with van der Waals surface area (Å²) >= 11 is 0. The maximum Gasteiger partial charge on any atom is 0.253 e. The van der Waals surface area contributed by atoms with Crippen LogP contribution >= 0.6 is 0 Å². The highest BCUT2D eigenvalue weighted by Crippen LogP contribution is 2.08. The number of nitrogens with zero attached hydrogens (tertiary/aromatic N) is 1. The van der Waals surface area contributed by atoms with Crippen molar-refractivity contribution in [2.75, 3.05) is 33.0 Å². The number of carbonyl (C=O) groups excluding carboxylic acids is 1. The number of likely N-dealkylation sites (N-methyl/N-ethyl adjacent to an activating group) is 1. The van der Waals surface area contributed by atoms with E-state index in [0.29, 0.717) is 24.4 Å². The highest BCUT2D eigenvalue weighted by Gasteiger charge is 2.10. The first-order valence-electron chi connectivity index (χ1n) is 4.75. The third kappa shape index (κ3) is 3.25. The third-order valence-electron chi connectivity index (χ3n) is 2.11. The zero-order valence-corrected chi connectivity index (χ0v) is 9.06. The lowest BCUT2D eigenvalue weighted by Gasteiger charge is -2.16. The van der Waals surface area contributed by atoms with Gasteiger partial charge >= 0.3 is 0 Å². The van der Waals surface area contributed by atoms with Crippen molar-refractivity contribution in [2.45, 2.75) is 0 Å². The lowest BCUT2D eigenvalue weighted by molar-refractivity contribution is 0.0744. The van der Waals surface area contributed by atoms with Crippen LogP contribution in [-0.2, 0) is 4.74 Å². The first kappa shape index (κ1) is 11.5. The molecule has 0 radical (unpaired) electrons. The average molecular weight is 208 g/mol. The zero-order valence-electron chi connectivity index (χ0n) is 9.06. The monoisotopic (exact) mass is 208 g/mol. The summed E-state index contributed by atoms with van der Waals surface area (Å²) in [7, 11) is 3.35. The maximum atomic E-state index is 11.8. The normalized spacial score (nSPS) is 10.0. The van der Waals surface area contributed by atoms with Gasteiger partial charge in [0.25, 0.3) is 5.91 Å². The summed E-state index contributed by atoms with van der Waals surface area (Å²) in [6, 6.07) is 6.95. The number of carbonyl (C=O) groups is 1. The number of amides is 1. The SMILES string of the molecule is COCCN(C)C(=O)c1cccc(N)c1. The van der Waals surface area contributed by atoms with Crippen molar-refractivity contribution in [1.82, 2.24) is 4.90 Å². The molecule has 4 heteroatoms. The van der Waals surface area contributed by atoms with Crippen LogP contribution in [0, 0.1) is 0 Å². The molecule has 2 N–H and O–H groups in total. The largest absolute Gasteiger partial charge is 0.399 e. The molecule has 0 saturated carbocycles. The number of rotatable bonds is 4. The van der Waals surface area contributed by atoms with Gasteiger partial charge in [-0.2, -0.15) is 0 Å². The van der Waals surface area contributed by atoms with E-state index in [-0.39, 0.29) is 5.91 Å². The number of benzene rings is 1. The van der Waals surface area contributed by atoms with Gasteiger partial charge < -0.3 is 15.4 Å². The van der Waals surface area contributed by atoms with Crippen molar-refractivity contribution in [3.63, 3.8) is 0 Å². The molecule has 15 heavy (non-hydrogen) atoms. The Kier molecular flexibility index (Phi) is 4.12. The topological polar surface area (TPSA) is 55.6 Å². The molecule has 1 aromatic carbocycles. The van der Waals surface area contributed by atoms with Gasteiger partial charge in [-0.3, -0.25) is 4.79 Å². The molecule has 0 aliphatic heterocycles. The van der Waals surface area contributed by atoms with Crippen LogP contribution in [0.15, 0.2) is 24.3 Å². The van der Waals surface area contributed by atoms with Crippen molar-refractivity contribution >= 4 is 11.6 Å². The van der Waals surface area contributed by atoms with Crippen LogP contribution in [0.5, 0.6) is 0 Å². The summed E-state index contributed by atoms with van der Waals surface area (Å²) < 4.78 is 4.90. The number of nitrogens with two attached hydrogens (primary N) is 1. The van der Waals surface area contributed by atoms with Gasteiger partial charge in [0, 0.05) is 32.0 Å². The van der Waals surface area contributed by atoms with Gasteiger partial charge in [0.2, 0.25) is 0 Å². The summed E-state index contributed by atoms with van der Waals surface area (Å²) in [4.78, 5) is 13.4. The fraction of sp³-hybridized carbons (Fsp3) is 0.364. The van der Waals surface area contributed by atoms with Crippen molar-refractivity contribution in [2.24, 2.45) is 0 Å². The number of ether oxygens (including phenoxy) is 1. The zero-order chi connectivity index (χ0) is 11.3. The Balaban J connectivity index is 2.67. The van der Waals surface area contributed by atoms with E-state index >= 15 is 0 Å². The van der Waals surface area contributed by atoms with Crippen LogP contribution in [0.25, 0.3) is 0 Å². The van der Waals surface area contributed by atoms with Gasteiger partial charge in [0.05, 0.1) is 6.61 Å². The van der Waals surface area contributed by atoms with Crippen LogP contribution in [0.2, 0.25) is 0 Å². The second-order valence-electron chi connectivity index (χ2n) is 3.34. The lowest BCUT2D eigenvalue weighted by atomic mass is 10.2. The van der Waals surface area contributed by atoms with Crippen LogP contribution in [0.1, 0.15) is 10.4 Å². The van der Waals surface area contributed by atoms with Gasteiger partial charge in [-0.1, -0.05) is 6.07 Å².